The molecule has 1 unspecified atom stereocenters. The predicted molar refractivity (Wildman–Crippen MR) is 126 cm³/mol. The first-order chi connectivity index (χ1) is 14.4. The lowest BCUT2D eigenvalue weighted by Gasteiger charge is -2.15. The van der Waals surface area contributed by atoms with Crippen molar-refractivity contribution in [3.05, 3.63) is 77.7 Å². The zero-order valence-corrected chi connectivity index (χ0v) is 18.9. The molecule has 4 aromatic rings. The zero-order chi connectivity index (χ0) is 21.3. The van der Waals surface area contributed by atoms with E-state index >= 15 is 0 Å². The average molecular weight is 438 g/mol. The Bertz CT molecular complexity index is 1220. The average Bonchev–Trinajstić information content (AvgIpc) is 2.99. The largest absolute Gasteiger partial charge is 0.870 e. The van der Waals surface area contributed by atoms with Crippen LogP contribution in [0, 0.1) is 13.8 Å². The maximum Gasteiger partial charge on any atom is 0.198 e. The minimum Gasteiger partial charge on any atom is -0.870 e. The molecule has 7 nitrogen and oxygen atoms in total. The van der Waals surface area contributed by atoms with Gasteiger partial charge in [-0.2, -0.15) is 9.82 Å². The van der Waals surface area contributed by atoms with E-state index in [1.807, 2.05) is 45.2 Å². The topological polar surface area (TPSA) is 102 Å². The number of thiol groups is 1. The van der Waals surface area contributed by atoms with Crippen molar-refractivity contribution in [2.75, 3.05) is 10.0 Å². The first-order valence-electron chi connectivity index (χ1n) is 9.88. The number of pyridine rings is 1. The summed E-state index contributed by atoms with van der Waals surface area (Å²) in [4.78, 5) is 5.11. The Balaban J connectivity index is 0.00000272. The van der Waals surface area contributed by atoms with Gasteiger partial charge in [0.2, 0.25) is 0 Å². The van der Waals surface area contributed by atoms with Gasteiger partial charge in [0.25, 0.3) is 0 Å². The number of anilines is 2. The zero-order valence-electron chi connectivity index (χ0n) is 18.0. The van der Waals surface area contributed by atoms with Gasteiger partial charge in [-0.3, -0.25) is 4.68 Å². The molecule has 0 aliphatic carbocycles. The van der Waals surface area contributed by atoms with Gasteiger partial charge in [0.1, 0.15) is 11.5 Å². The minimum absolute atomic E-state index is 0. The van der Waals surface area contributed by atoms with E-state index in [2.05, 4.69) is 57.4 Å². The number of fused-ring (bicyclic) bond motifs is 1. The van der Waals surface area contributed by atoms with Gasteiger partial charge in [-0.25, -0.2) is 4.98 Å². The molecule has 0 saturated heterocycles. The lowest BCUT2D eigenvalue weighted by atomic mass is 10.0. The highest BCUT2D eigenvalue weighted by atomic mass is 32.2. The standard InChI is InChI=1S/C23H25N5OS.H2O/c1-15(19-10-9-18-7-5-6-8-20(18)13-19)25-22-12-11-21(14-24-22)30(29)27-23-16(2)26-28(4)17(23)3;/h5-15H,1-4H3,(H,24,25)(H,27,29);1H2/t15-,30?;/m1./s1. The first-order valence-corrected chi connectivity index (χ1v) is 11.1. The van der Waals surface area contributed by atoms with E-state index in [9.17, 15) is 4.21 Å². The third-order valence-electron chi connectivity index (χ3n) is 5.34. The molecule has 0 aliphatic heterocycles. The van der Waals surface area contributed by atoms with Gasteiger partial charge in [0.05, 0.1) is 17.6 Å². The van der Waals surface area contributed by atoms with Crippen LogP contribution in [0.1, 0.15) is 29.9 Å². The molecule has 2 heterocycles. The van der Waals surface area contributed by atoms with Crippen LogP contribution in [-0.4, -0.2) is 20.2 Å². The SMILES string of the molecule is Cc1nn(C)c(C)c1N[SH+](=O)c1ccc(N[C@H](C)c2ccc3ccccc3c2)nc1.[OH-]. The van der Waals surface area contributed by atoms with E-state index < -0.39 is 11.0 Å². The second kappa shape index (κ2) is 9.28. The van der Waals surface area contributed by atoms with Crippen molar-refractivity contribution >= 4 is 33.3 Å². The van der Waals surface area contributed by atoms with Gasteiger partial charge in [-0.05, 0) is 49.2 Å². The van der Waals surface area contributed by atoms with E-state index in [0.29, 0.717) is 4.90 Å². The molecule has 2 atom stereocenters. The molecule has 162 valence electrons. The van der Waals surface area contributed by atoms with Gasteiger partial charge in [0, 0.05) is 19.2 Å². The molecule has 4 rings (SSSR count). The molecule has 0 saturated carbocycles. The summed E-state index contributed by atoms with van der Waals surface area (Å²) in [5.41, 5.74) is 3.78. The van der Waals surface area contributed by atoms with Crippen LogP contribution < -0.4 is 10.0 Å². The number of nitrogens with one attached hydrogen (secondary N) is 2. The quantitative estimate of drug-likeness (QED) is 0.337. The molecule has 0 amide bonds. The van der Waals surface area contributed by atoms with Crippen molar-refractivity contribution in [1.29, 1.82) is 0 Å². The lowest BCUT2D eigenvalue weighted by molar-refractivity contribution is 0.598. The third-order valence-corrected chi connectivity index (χ3v) is 6.50. The Morgan fingerprint density at radius 1 is 1.03 bits per heavy atom. The smallest absolute Gasteiger partial charge is 0.198 e. The fourth-order valence-electron chi connectivity index (χ4n) is 3.48. The second-order valence-corrected chi connectivity index (χ2v) is 8.78. The van der Waals surface area contributed by atoms with Crippen LogP contribution in [0.5, 0.6) is 0 Å². The van der Waals surface area contributed by atoms with Gasteiger partial charge < -0.3 is 10.8 Å². The van der Waals surface area contributed by atoms with Gasteiger partial charge in [-0.1, -0.05) is 40.6 Å². The Morgan fingerprint density at radius 2 is 1.77 bits per heavy atom. The second-order valence-electron chi connectivity index (χ2n) is 7.45. The monoisotopic (exact) mass is 437 g/mol. The molecule has 2 aromatic carbocycles. The number of benzene rings is 2. The van der Waals surface area contributed by atoms with Crippen LogP contribution in [-0.2, 0) is 22.2 Å². The van der Waals surface area contributed by atoms with Gasteiger partial charge in [0.15, 0.2) is 15.9 Å². The molecule has 0 fully saturated rings. The summed E-state index contributed by atoms with van der Waals surface area (Å²) in [6, 6.07) is 18.6. The Kier molecular flexibility index (Phi) is 6.72. The molecule has 0 bridgehead atoms. The number of aromatic nitrogens is 3. The highest BCUT2D eigenvalue weighted by molar-refractivity contribution is 7.86. The summed E-state index contributed by atoms with van der Waals surface area (Å²) in [7, 11) is 0.0632. The molecule has 2 aromatic heterocycles. The molecule has 3 N–H and O–H groups in total. The number of hydrogen-bond donors (Lipinski definition) is 2. The van der Waals surface area contributed by atoms with Gasteiger partial charge in [-0.15, -0.1) is 0 Å². The van der Waals surface area contributed by atoms with Crippen molar-refractivity contribution in [2.24, 2.45) is 7.05 Å². The maximum atomic E-state index is 12.7. The predicted octanol–water partition coefficient (Wildman–Crippen LogP) is 4.66. The number of nitrogens with zero attached hydrogens (tertiary/aromatic N) is 3. The highest BCUT2D eigenvalue weighted by Gasteiger charge is 2.17. The maximum absolute atomic E-state index is 12.7. The molecular formula is C23H27N5O2S. The fraction of sp³-hybridized carbons (Fsp3) is 0.217. The number of rotatable bonds is 6. The molecule has 0 aliphatic rings. The van der Waals surface area contributed by atoms with Crippen LogP contribution in [0.2, 0.25) is 0 Å². The van der Waals surface area contributed by atoms with Crippen LogP contribution >= 0.6 is 0 Å². The minimum atomic E-state index is -1.81. The Labute approximate surface area is 184 Å². The van der Waals surface area contributed by atoms with Crippen LogP contribution in [0.25, 0.3) is 10.8 Å². The van der Waals surface area contributed by atoms with E-state index in [0.717, 1.165) is 22.9 Å². The summed E-state index contributed by atoms with van der Waals surface area (Å²) in [5, 5.41) is 10.2. The van der Waals surface area contributed by atoms with Crippen LogP contribution in [0.4, 0.5) is 11.5 Å². The Hall–Kier alpha value is -3.23. The summed E-state index contributed by atoms with van der Waals surface area (Å²) in [5.74, 6) is 0.747. The fourth-order valence-corrected chi connectivity index (χ4v) is 4.50. The highest BCUT2D eigenvalue weighted by Crippen LogP contribution is 2.24. The molecule has 0 radical (unpaired) electrons. The van der Waals surface area contributed by atoms with Crippen molar-refractivity contribution in [3.8, 4) is 0 Å². The number of aryl methyl sites for hydroxylation is 2. The normalized spacial score (nSPS) is 12.8. The summed E-state index contributed by atoms with van der Waals surface area (Å²) in [6.45, 7) is 5.96. The van der Waals surface area contributed by atoms with Crippen molar-refractivity contribution in [3.63, 3.8) is 0 Å². The lowest BCUT2D eigenvalue weighted by Crippen LogP contribution is -2.09. The van der Waals surface area contributed by atoms with E-state index in [-0.39, 0.29) is 11.5 Å². The van der Waals surface area contributed by atoms with Gasteiger partial charge >= 0.3 is 0 Å². The third kappa shape index (κ3) is 4.76. The summed E-state index contributed by atoms with van der Waals surface area (Å²) in [6.07, 6.45) is 1.65. The molecule has 0 spiro atoms. The van der Waals surface area contributed by atoms with Crippen molar-refractivity contribution < 1.29 is 9.69 Å². The van der Waals surface area contributed by atoms with Crippen LogP contribution in [0.15, 0.2) is 65.7 Å². The molecule has 8 heteroatoms. The van der Waals surface area contributed by atoms with E-state index in [1.165, 1.54) is 16.3 Å². The van der Waals surface area contributed by atoms with E-state index in [4.69, 9.17) is 0 Å². The summed E-state index contributed by atoms with van der Waals surface area (Å²) < 4.78 is 17.6. The molecule has 31 heavy (non-hydrogen) atoms. The molecular weight excluding hydrogens is 410 g/mol. The van der Waals surface area contributed by atoms with Crippen molar-refractivity contribution in [2.45, 2.75) is 31.7 Å². The first kappa shape index (κ1) is 22.5. The van der Waals surface area contributed by atoms with Crippen molar-refractivity contribution in [1.82, 2.24) is 14.8 Å². The van der Waals surface area contributed by atoms with Crippen LogP contribution in [0.3, 0.4) is 0 Å². The summed E-state index contributed by atoms with van der Waals surface area (Å²) >= 11 is 0. The van der Waals surface area contributed by atoms with E-state index in [1.54, 1.807) is 10.9 Å². The number of hydrogen-bond acceptors (Lipinski definition) is 5. The Morgan fingerprint density at radius 3 is 2.42 bits per heavy atom.